The van der Waals surface area contributed by atoms with Gasteiger partial charge in [0.25, 0.3) is 0 Å². The van der Waals surface area contributed by atoms with Gasteiger partial charge >= 0.3 is 0 Å². The van der Waals surface area contributed by atoms with Gasteiger partial charge in [-0.15, -0.1) is 0 Å². The second-order valence-electron chi connectivity index (χ2n) is 4.62. The van der Waals surface area contributed by atoms with Crippen molar-refractivity contribution in [2.24, 2.45) is 7.05 Å². The highest BCUT2D eigenvalue weighted by molar-refractivity contribution is 5.07. The summed E-state index contributed by atoms with van der Waals surface area (Å²) in [6.07, 6.45) is 8.62. The summed E-state index contributed by atoms with van der Waals surface area (Å²) >= 11 is 0. The van der Waals surface area contributed by atoms with Gasteiger partial charge in [0.15, 0.2) is 0 Å². The molecule has 1 fully saturated rings. The van der Waals surface area contributed by atoms with Crippen LogP contribution in [0.2, 0.25) is 0 Å². The van der Waals surface area contributed by atoms with Gasteiger partial charge in [0.05, 0.1) is 5.69 Å². The first kappa shape index (κ1) is 10.7. The smallest absolute Gasteiger partial charge is 0.0655 e. The standard InChI is InChI=1S/C12H21N3/c1-13-11-6-4-3-5-10(9-11)12-7-8-15(2)14-12/h7-8,10-11,13H,3-6,9H2,1-2H3. The number of aryl methyl sites for hydroxylation is 1. The van der Waals surface area contributed by atoms with Gasteiger partial charge in [0, 0.05) is 25.2 Å². The van der Waals surface area contributed by atoms with Crippen LogP contribution >= 0.6 is 0 Å². The average Bonchev–Trinajstić information content (AvgIpc) is 2.54. The van der Waals surface area contributed by atoms with Gasteiger partial charge < -0.3 is 5.32 Å². The van der Waals surface area contributed by atoms with Crippen LogP contribution in [0.15, 0.2) is 12.3 Å². The van der Waals surface area contributed by atoms with Crippen molar-refractivity contribution in [2.45, 2.75) is 44.1 Å². The van der Waals surface area contributed by atoms with E-state index in [1.54, 1.807) is 0 Å². The van der Waals surface area contributed by atoms with E-state index in [1.165, 1.54) is 37.8 Å². The maximum Gasteiger partial charge on any atom is 0.0655 e. The first-order chi connectivity index (χ1) is 7.29. The molecule has 84 valence electrons. The summed E-state index contributed by atoms with van der Waals surface area (Å²) in [5, 5.41) is 7.95. The Morgan fingerprint density at radius 2 is 2.20 bits per heavy atom. The molecule has 3 heteroatoms. The number of hydrogen-bond donors (Lipinski definition) is 1. The first-order valence-electron chi connectivity index (χ1n) is 5.96. The fourth-order valence-electron chi connectivity index (χ4n) is 2.54. The molecule has 1 aliphatic carbocycles. The van der Waals surface area contributed by atoms with Crippen molar-refractivity contribution in [2.75, 3.05) is 7.05 Å². The van der Waals surface area contributed by atoms with E-state index in [4.69, 9.17) is 0 Å². The van der Waals surface area contributed by atoms with Crippen LogP contribution in [0.1, 0.15) is 43.7 Å². The Hall–Kier alpha value is -0.830. The summed E-state index contributed by atoms with van der Waals surface area (Å²) in [5.41, 5.74) is 1.28. The van der Waals surface area contributed by atoms with Crippen LogP contribution in [-0.2, 0) is 7.05 Å². The van der Waals surface area contributed by atoms with E-state index < -0.39 is 0 Å². The van der Waals surface area contributed by atoms with Crippen molar-refractivity contribution in [3.8, 4) is 0 Å². The third-order valence-electron chi connectivity index (χ3n) is 3.48. The molecule has 2 atom stereocenters. The molecule has 0 aliphatic heterocycles. The van der Waals surface area contributed by atoms with Crippen LogP contribution in [0, 0.1) is 0 Å². The van der Waals surface area contributed by atoms with E-state index in [0.717, 1.165) is 0 Å². The molecule has 0 amide bonds. The predicted molar refractivity (Wildman–Crippen MR) is 61.9 cm³/mol. The Morgan fingerprint density at radius 1 is 1.40 bits per heavy atom. The van der Waals surface area contributed by atoms with Gasteiger partial charge in [-0.25, -0.2) is 0 Å². The summed E-state index contributed by atoms with van der Waals surface area (Å²) in [5.74, 6) is 0.658. The summed E-state index contributed by atoms with van der Waals surface area (Å²) in [4.78, 5) is 0. The fourth-order valence-corrected chi connectivity index (χ4v) is 2.54. The molecule has 0 aromatic carbocycles. The van der Waals surface area contributed by atoms with Crippen molar-refractivity contribution < 1.29 is 0 Å². The lowest BCUT2D eigenvalue weighted by molar-refractivity contribution is 0.464. The van der Waals surface area contributed by atoms with Crippen molar-refractivity contribution in [1.82, 2.24) is 15.1 Å². The molecule has 1 aromatic heterocycles. The Bertz CT molecular complexity index is 306. The molecule has 2 unspecified atom stereocenters. The number of nitrogens with one attached hydrogen (secondary N) is 1. The zero-order valence-electron chi connectivity index (χ0n) is 9.74. The van der Waals surface area contributed by atoms with Crippen LogP contribution in [0.3, 0.4) is 0 Å². The molecular weight excluding hydrogens is 186 g/mol. The maximum absolute atomic E-state index is 4.53. The van der Waals surface area contributed by atoms with Crippen LogP contribution < -0.4 is 5.32 Å². The average molecular weight is 207 g/mol. The molecule has 0 spiro atoms. The summed E-state index contributed by atoms with van der Waals surface area (Å²) in [6.45, 7) is 0. The number of rotatable bonds is 2. The van der Waals surface area contributed by atoms with Crippen molar-refractivity contribution in [1.29, 1.82) is 0 Å². The van der Waals surface area contributed by atoms with Crippen LogP contribution in [0.25, 0.3) is 0 Å². The van der Waals surface area contributed by atoms with Gasteiger partial charge in [-0.3, -0.25) is 4.68 Å². The molecule has 1 aromatic rings. The van der Waals surface area contributed by atoms with E-state index in [1.807, 2.05) is 11.7 Å². The van der Waals surface area contributed by atoms with Gasteiger partial charge in [0.1, 0.15) is 0 Å². The third kappa shape index (κ3) is 2.59. The molecule has 1 N–H and O–H groups in total. The minimum Gasteiger partial charge on any atom is -0.317 e. The first-order valence-corrected chi connectivity index (χ1v) is 5.96. The SMILES string of the molecule is CNC1CCCCC(c2ccn(C)n2)C1. The van der Waals surface area contributed by atoms with Gasteiger partial charge in [-0.1, -0.05) is 12.8 Å². The molecule has 15 heavy (non-hydrogen) atoms. The van der Waals surface area contributed by atoms with E-state index in [2.05, 4.69) is 29.7 Å². The van der Waals surface area contributed by atoms with Gasteiger partial charge in [-0.05, 0) is 32.4 Å². The minimum atomic E-state index is 0.658. The molecule has 1 heterocycles. The lowest BCUT2D eigenvalue weighted by Crippen LogP contribution is -2.25. The summed E-state index contributed by atoms with van der Waals surface area (Å²) in [6, 6.07) is 2.85. The summed E-state index contributed by atoms with van der Waals surface area (Å²) < 4.78 is 1.91. The number of nitrogens with zero attached hydrogens (tertiary/aromatic N) is 2. The molecule has 1 aliphatic rings. The van der Waals surface area contributed by atoms with Crippen molar-refractivity contribution >= 4 is 0 Å². The Balaban J connectivity index is 2.07. The van der Waals surface area contributed by atoms with Crippen molar-refractivity contribution in [3.05, 3.63) is 18.0 Å². The largest absolute Gasteiger partial charge is 0.317 e. The monoisotopic (exact) mass is 207 g/mol. The number of aromatic nitrogens is 2. The van der Waals surface area contributed by atoms with Crippen LogP contribution in [-0.4, -0.2) is 22.9 Å². The Labute approximate surface area is 91.9 Å². The highest BCUT2D eigenvalue weighted by Gasteiger charge is 2.21. The minimum absolute atomic E-state index is 0.658. The zero-order valence-corrected chi connectivity index (χ0v) is 9.74. The molecule has 0 saturated heterocycles. The normalized spacial score (nSPS) is 27.6. The predicted octanol–water partition coefficient (Wildman–Crippen LogP) is 2.06. The molecule has 2 rings (SSSR count). The topological polar surface area (TPSA) is 29.9 Å². The molecule has 0 bridgehead atoms. The lowest BCUT2D eigenvalue weighted by atomic mass is 9.95. The molecule has 0 radical (unpaired) electrons. The van der Waals surface area contributed by atoms with E-state index in [-0.39, 0.29) is 0 Å². The lowest BCUT2D eigenvalue weighted by Gasteiger charge is -2.17. The van der Waals surface area contributed by atoms with Gasteiger partial charge in [-0.2, -0.15) is 5.10 Å². The summed E-state index contributed by atoms with van der Waals surface area (Å²) in [7, 11) is 4.07. The zero-order chi connectivity index (χ0) is 10.7. The third-order valence-corrected chi connectivity index (χ3v) is 3.48. The van der Waals surface area contributed by atoms with Crippen molar-refractivity contribution in [3.63, 3.8) is 0 Å². The van der Waals surface area contributed by atoms with E-state index in [9.17, 15) is 0 Å². The van der Waals surface area contributed by atoms with Crippen LogP contribution in [0.4, 0.5) is 0 Å². The Kier molecular flexibility index (Phi) is 3.41. The second-order valence-corrected chi connectivity index (χ2v) is 4.62. The Morgan fingerprint density at radius 3 is 2.87 bits per heavy atom. The van der Waals surface area contributed by atoms with E-state index in [0.29, 0.717) is 12.0 Å². The molecule has 1 saturated carbocycles. The highest BCUT2D eigenvalue weighted by Crippen LogP contribution is 2.30. The maximum atomic E-state index is 4.53. The fraction of sp³-hybridized carbons (Fsp3) is 0.750. The quantitative estimate of drug-likeness (QED) is 0.752. The molecular formula is C12H21N3. The van der Waals surface area contributed by atoms with Crippen LogP contribution in [0.5, 0.6) is 0 Å². The van der Waals surface area contributed by atoms with E-state index >= 15 is 0 Å². The molecule has 3 nitrogen and oxygen atoms in total. The number of hydrogen-bond acceptors (Lipinski definition) is 2. The highest BCUT2D eigenvalue weighted by atomic mass is 15.2. The second kappa shape index (κ2) is 4.79. The van der Waals surface area contributed by atoms with Gasteiger partial charge in [0.2, 0.25) is 0 Å².